The first-order valence-electron chi connectivity index (χ1n) is 7.26. The number of amides is 1. The van der Waals surface area contributed by atoms with Gasteiger partial charge in [0.15, 0.2) is 0 Å². The summed E-state index contributed by atoms with van der Waals surface area (Å²) in [4.78, 5) is 14.2. The molecule has 21 heavy (non-hydrogen) atoms. The lowest BCUT2D eigenvalue weighted by Crippen LogP contribution is -2.45. The fraction of sp³-hybridized carbons (Fsp3) is 0.562. The van der Waals surface area contributed by atoms with Crippen LogP contribution in [0.15, 0.2) is 24.3 Å². The van der Waals surface area contributed by atoms with Crippen molar-refractivity contribution < 1.29 is 14.3 Å². The minimum absolute atomic E-state index is 0.0346. The molecule has 1 aliphatic heterocycles. The molecule has 2 rings (SSSR count). The van der Waals surface area contributed by atoms with E-state index in [1.807, 2.05) is 29.2 Å². The number of carbonyl (C=O) groups excluding carboxylic acids is 1. The highest BCUT2D eigenvalue weighted by Gasteiger charge is 2.39. The number of para-hydroxylation sites is 1. The lowest BCUT2D eigenvalue weighted by Gasteiger charge is -2.35. The summed E-state index contributed by atoms with van der Waals surface area (Å²) in [7, 11) is 3.32. The molecule has 1 fully saturated rings. The maximum atomic E-state index is 12.3. The fourth-order valence-electron chi connectivity index (χ4n) is 2.81. The normalized spacial score (nSPS) is 20.1. The Morgan fingerprint density at radius 1 is 1.33 bits per heavy atom. The first kappa shape index (κ1) is 15.8. The molecule has 1 aliphatic rings. The molecule has 0 aromatic heterocycles. The Balaban J connectivity index is 2.35. The van der Waals surface area contributed by atoms with Crippen LogP contribution in [0.4, 0.5) is 0 Å². The van der Waals surface area contributed by atoms with Gasteiger partial charge < -0.3 is 14.4 Å². The van der Waals surface area contributed by atoms with E-state index >= 15 is 0 Å². The van der Waals surface area contributed by atoms with Crippen LogP contribution < -0.4 is 10.1 Å². The molecule has 0 aliphatic carbocycles. The first-order chi connectivity index (χ1) is 10.1. The molecule has 1 aromatic rings. The predicted molar refractivity (Wildman–Crippen MR) is 81.1 cm³/mol. The molecular formula is C16H24N2O3. The number of benzene rings is 1. The van der Waals surface area contributed by atoms with Gasteiger partial charge in [-0.05, 0) is 12.0 Å². The molecule has 1 heterocycles. The van der Waals surface area contributed by atoms with Gasteiger partial charge in [0.1, 0.15) is 11.9 Å². The van der Waals surface area contributed by atoms with Gasteiger partial charge in [-0.1, -0.05) is 32.0 Å². The van der Waals surface area contributed by atoms with Gasteiger partial charge in [0.05, 0.1) is 26.3 Å². The molecule has 1 amide bonds. The molecular weight excluding hydrogens is 268 g/mol. The van der Waals surface area contributed by atoms with Crippen LogP contribution in [-0.2, 0) is 9.53 Å². The second kappa shape index (κ2) is 6.91. The molecule has 0 saturated carbocycles. The zero-order valence-corrected chi connectivity index (χ0v) is 13.1. The van der Waals surface area contributed by atoms with Crippen LogP contribution in [0.2, 0.25) is 0 Å². The van der Waals surface area contributed by atoms with Crippen LogP contribution in [0.3, 0.4) is 0 Å². The minimum atomic E-state index is -0.170. The van der Waals surface area contributed by atoms with Crippen LogP contribution in [0, 0.1) is 5.92 Å². The van der Waals surface area contributed by atoms with Crippen molar-refractivity contribution in [3.63, 3.8) is 0 Å². The maximum Gasteiger partial charge on any atom is 0.238 e. The lowest BCUT2D eigenvalue weighted by atomic mass is 10.0. The van der Waals surface area contributed by atoms with E-state index in [-0.39, 0.29) is 18.1 Å². The van der Waals surface area contributed by atoms with E-state index in [4.69, 9.17) is 9.47 Å². The molecule has 1 saturated heterocycles. The summed E-state index contributed by atoms with van der Waals surface area (Å²) in [5.74, 6) is 1.20. The number of carbonyl (C=O) groups is 1. The predicted octanol–water partition coefficient (Wildman–Crippen LogP) is 1.80. The largest absolute Gasteiger partial charge is 0.496 e. The smallest absolute Gasteiger partial charge is 0.238 e. The molecule has 2 unspecified atom stereocenters. The average molecular weight is 292 g/mol. The molecule has 116 valence electrons. The Bertz CT molecular complexity index is 490. The Kier molecular flexibility index (Phi) is 5.20. The lowest BCUT2D eigenvalue weighted by molar-refractivity contribution is -0.132. The van der Waals surface area contributed by atoms with Gasteiger partial charge in [0.2, 0.25) is 5.91 Å². The highest BCUT2D eigenvalue weighted by atomic mass is 16.5. The zero-order valence-electron chi connectivity index (χ0n) is 13.1. The van der Waals surface area contributed by atoms with Gasteiger partial charge in [-0.15, -0.1) is 0 Å². The summed E-state index contributed by atoms with van der Waals surface area (Å²) >= 11 is 0. The number of nitrogens with zero attached hydrogens (tertiary/aromatic N) is 1. The Hall–Kier alpha value is -1.59. The molecule has 5 heteroatoms. The Morgan fingerprint density at radius 2 is 2.05 bits per heavy atom. The van der Waals surface area contributed by atoms with E-state index in [0.717, 1.165) is 11.3 Å². The second-order valence-corrected chi connectivity index (χ2v) is 5.59. The fourth-order valence-corrected chi connectivity index (χ4v) is 2.81. The number of methoxy groups -OCH3 is 2. The summed E-state index contributed by atoms with van der Waals surface area (Å²) in [5, 5.41) is 3.28. The summed E-state index contributed by atoms with van der Waals surface area (Å²) in [5.41, 5.74) is 0.979. The van der Waals surface area contributed by atoms with E-state index in [1.165, 1.54) is 0 Å². The highest BCUT2D eigenvalue weighted by Crippen LogP contribution is 2.33. The molecule has 0 bridgehead atoms. The standard InChI is InChI=1S/C16H24N2O3/c1-11(2)13(10-20-3)18-15(19)9-17-16(18)12-7-5-6-8-14(12)21-4/h5-8,11,13,16-17H,9-10H2,1-4H3. The zero-order chi connectivity index (χ0) is 15.4. The second-order valence-electron chi connectivity index (χ2n) is 5.59. The topological polar surface area (TPSA) is 50.8 Å². The van der Waals surface area contributed by atoms with Gasteiger partial charge in [0.25, 0.3) is 0 Å². The number of rotatable bonds is 6. The van der Waals surface area contributed by atoms with Gasteiger partial charge in [-0.2, -0.15) is 0 Å². The molecule has 1 N–H and O–H groups in total. The van der Waals surface area contributed by atoms with Crippen LogP contribution in [0.25, 0.3) is 0 Å². The third-order valence-corrected chi connectivity index (χ3v) is 3.91. The van der Waals surface area contributed by atoms with Crippen molar-refractivity contribution in [2.24, 2.45) is 5.92 Å². The van der Waals surface area contributed by atoms with E-state index in [2.05, 4.69) is 19.2 Å². The SMILES string of the molecule is COCC(C(C)C)N1C(=O)CNC1c1ccccc1OC. The van der Waals surface area contributed by atoms with Gasteiger partial charge in [-0.3, -0.25) is 10.1 Å². The third kappa shape index (κ3) is 3.19. The van der Waals surface area contributed by atoms with Crippen LogP contribution in [0.1, 0.15) is 25.6 Å². The summed E-state index contributed by atoms with van der Waals surface area (Å²) in [6.07, 6.45) is -0.170. The van der Waals surface area contributed by atoms with Crippen molar-refractivity contribution in [3.8, 4) is 5.75 Å². The summed E-state index contributed by atoms with van der Waals surface area (Å²) in [6.45, 7) is 5.08. The molecule has 1 aromatic carbocycles. The molecule has 0 spiro atoms. The van der Waals surface area contributed by atoms with Crippen molar-refractivity contribution in [1.82, 2.24) is 10.2 Å². The van der Waals surface area contributed by atoms with Gasteiger partial charge in [-0.25, -0.2) is 0 Å². The van der Waals surface area contributed by atoms with E-state index < -0.39 is 0 Å². The monoisotopic (exact) mass is 292 g/mol. The Labute approximate surface area is 126 Å². The number of nitrogens with one attached hydrogen (secondary N) is 1. The van der Waals surface area contributed by atoms with E-state index in [0.29, 0.717) is 19.1 Å². The quantitative estimate of drug-likeness (QED) is 0.868. The van der Waals surface area contributed by atoms with E-state index in [9.17, 15) is 4.79 Å². The van der Waals surface area contributed by atoms with Gasteiger partial charge >= 0.3 is 0 Å². The minimum Gasteiger partial charge on any atom is -0.496 e. The van der Waals surface area contributed by atoms with Crippen molar-refractivity contribution in [2.75, 3.05) is 27.4 Å². The average Bonchev–Trinajstić information content (AvgIpc) is 2.85. The van der Waals surface area contributed by atoms with Crippen molar-refractivity contribution in [3.05, 3.63) is 29.8 Å². The number of hydrogen-bond donors (Lipinski definition) is 1. The number of hydrogen-bond acceptors (Lipinski definition) is 4. The van der Waals surface area contributed by atoms with Crippen molar-refractivity contribution in [2.45, 2.75) is 26.1 Å². The van der Waals surface area contributed by atoms with Crippen LogP contribution in [0.5, 0.6) is 5.75 Å². The third-order valence-electron chi connectivity index (χ3n) is 3.91. The molecule has 0 radical (unpaired) electrons. The Morgan fingerprint density at radius 3 is 2.67 bits per heavy atom. The van der Waals surface area contributed by atoms with Gasteiger partial charge in [0, 0.05) is 12.7 Å². The van der Waals surface area contributed by atoms with Crippen molar-refractivity contribution in [1.29, 1.82) is 0 Å². The van der Waals surface area contributed by atoms with E-state index in [1.54, 1.807) is 14.2 Å². The van der Waals surface area contributed by atoms with Crippen LogP contribution in [-0.4, -0.2) is 44.2 Å². The molecule has 5 nitrogen and oxygen atoms in total. The molecule has 2 atom stereocenters. The van der Waals surface area contributed by atoms with Crippen molar-refractivity contribution >= 4 is 5.91 Å². The van der Waals surface area contributed by atoms with Crippen LogP contribution >= 0.6 is 0 Å². The maximum absolute atomic E-state index is 12.3. The number of ether oxygens (including phenoxy) is 2. The first-order valence-corrected chi connectivity index (χ1v) is 7.26. The summed E-state index contributed by atoms with van der Waals surface area (Å²) < 4.78 is 10.7. The highest BCUT2D eigenvalue weighted by molar-refractivity contribution is 5.81. The summed E-state index contributed by atoms with van der Waals surface area (Å²) in [6, 6.07) is 7.83.